The highest BCUT2D eigenvalue weighted by Crippen LogP contribution is 2.35. The molecule has 0 saturated heterocycles. The van der Waals surface area contributed by atoms with Crippen LogP contribution in [0.15, 0.2) is 36.4 Å². The van der Waals surface area contributed by atoms with Crippen molar-refractivity contribution in [1.29, 1.82) is 0 Å². The number of amides is 1. The van der Waals surface area contributed by atoms with Gasteiger partial charge in [0.15, 0.2) is 0 Å². The summed E-state index contributed by atoms with van der Waals surface area (Å²) in [6.45, 7) is 5.52. The van der Waals surface area contributed by atoms with E-state index in [1.165, 1.54) is 38.5 Å². The van der Waals surface area contributed by atoms with Crippen LogP contribution in [0.3, 0.4) is 0 Å². The molecule has 1 aromatic carbocycles. The molecule has 0 spiro atoms. The van der Waals surface area contributed by atoms with E-state index < -0.39 is 6.04 Å². The van der Waals surface area contributed by atoms with Crippen LogP contribution < -0.4 is 4.90 Å². The van der Waals surface area contributed by atoms with E-state index >= 15 is 0 Å². The molecular formula is C25H34N2O3. The summed E-state index contributed by atoms with van der Waals surface area (Å²) >= 11 is 0. The topological polar surface area (TPSA) is 49.9 Å². The molecule has 3 aliphatic rings. The number of hydroxylamine groups is 2. The van der Waals surface area contributed by atoms with Crippen LogP contribution in [-0.4, -0.2) is 35.1 Å². The van der Waals surface area contributed by atoms with Crippen LogP contribution >= 0.6 is 0 Å². The molecule has 1 unspecified atom stereocenters. The average molecular weight is 411 g/mol. The van der Waals surface area contributed by atoms with Gasteiger partial charge in [-0.1, -0.05) is 63.3 Å². The Morgan fingerprint density at radius 1 is 0.967 bits per heavy atom. The summed E-state index contributed by atoms with van der Waals surface area (Å²) in [7, 11) is 0. The van der Waals surface area contributed by atoms with Crippen molar-refractivity contribution >= 4 is 17.6 Å². The first-order valence-corrected chi connectivity index (χ1v) is 11.6. The van der Waals surface area contributed by atoms with E-state index in [-0.39, 0.29) is 11.9 Å². The largest absolute Gasteiger partial charge is 0.365 e. The SMILES string of the molecule is C=C(C)C(=O)N1c2ccccc2CC1C(=O)ON(C1CCCCC1)C1CCCCC1. The molecule has 1 heterocycles. The third-order valence-corrected chi connectivity index (χ3v) is 6.90. The minimum absolute atomic E-state index is 0.205. The normalized spacial score (nSPS) is 22.7. The summed E-state index contributed by atoms with van der Waals surface area (Å²) in [4.78, 5) is 34.1. The van der Waals surface area contributed by atoms with Gasteiger partial charge in [-0.3, -0.25) is 9.69 Å². The fraction of sp³-hybridized carbons (Fsp3) is 0.600. The van der Waals surface area contributed by atoms with Crippen LogP contribution in [0.25, 0.3) is 0 Å². The van der Waals surface area contributed by atoms with Crippen molar-refractivity contribution < 1.29 is 14.4 Å². The molecule has 1 aromatic rings. The van der Waals surface area contributed by atoms with Gasteiger partial charge in [-0.25, -0.2) is 4.79 Å². The van der Waals surface area contributed by atoms with E-state index in [0.717, 1.165) is 36.9 Å². The molecular weight excluding hydrogens is 376 g/mol. The average Bonchev–Trinajstić information content (AvgIpc) is 3.17. The zero-order chi connectivity index (χ0) is 21.1. The van der Waals surface area contributed by atoms with Gasteiger partial charge in [0.25, 0.3) is 5.91 Å². The molecule has 30 heavy (non-hydrogen) atoms. The highest BCUT2D eigenvalue weighted by Gasteiger charge is 2.42. The Hall–Kier alpha value is -2.14. The molecule has 2 fully saturated rings. The summed E-state index contributed by atoms with van der Waals surface area (Å²) < 4.78 is 0. The molecule has 2 aliphatic carbocycles. The van der Waals surface area contributed by atoms with Crippen molar-refractivity contribution in [2.45, 2.75) is 95.7 Å². The molecule has 1 aliphatic heterocycles. The van der Waals surface area contributed by atoms with Crippen molar-refractivity contribution in [3.05, 3.63) is 42.0 Å². The Morgan fingerprint density at radius 3 is 2.10 bits per heavy atom. The predicted molar refractivity (Wildman–Crippen MR) is 118 cm³/mol. The summed E-state index contributed by atoms with van der Waals surface area (Å²) in [5.74, 6) is -0.513. The predicted octanol–water partition coefficient (Wildman–Crippen LogP) is 4.95. The third-order valence-electron chi connectivity index (χ3n) is 6.90. The second-order valence-electron chi connectivity index (χ2n) is 9.16. The Kier molecular flexibility index (Phi) is 6.57. The van der Waals surface area contributed by atoms with Gasteiger partial charge >= 0.3 is 5.97 Å². The first-order valence-electron chi connectivity index (χ1n) is 11.6. The fourth-order valence-electron chi connectivity index (χ4n) is 5.31. The summed E-state index contributed by atoms with van der Waals surface area (Å²) in [6.07, 6.45) is 12.2. The lowest BCUT2D eigenvalue weighted by Gasteiger charge is -2.40. The molecule has 5 nitrogen and oxygen atoms in total. The van der Waals surface area contributed by atoms with Crippen LogP contribution in [-0.2, 0) is 20.8 Å². The van der Waals surface area contributed by atoms with Crippen LogP contribution in [0.1, 0.15) is 76.7 Å². The van der Waals surface area contributed by atoms with E-state index in [9.17, 15) is 9.59 Å². The fourth-order valence-corrected chi connectivity index (χ4v) is 5.31. The van der Waals surface area contributed by atoms with Gasteiger partial charge in [-0.2, -0.15) is 0 Å². The third kappa shape index (κ3) is 4.31. The summed E-state index contributed by atoms with van der Waals surface area (Å²) in [5.41, 5.74) is 2.24. The number of hydrogen-bond acceptors (Lipinski definition) is 4. The first kappa shape index (κ1) is 21.1. The molecule has 0 aromatic heterocycles. The van der Waals surface area contributed by atoms with Gasteiger partial charge in [0.05, 0.1) is 0 Å². The van der Waals surface area contributed by atoms with Crippen LogP contribution in [0.5, 0.6) is 0 Å². The number of benzene rings is 1. The highest BCUT2D eigenvalue weighted by atomic mass is 16.7. The Balaban J connectivity index is 1.56. The zero-order valence-electron chi connectivity index (χ0n) is 18.1. The zero-order valence-corrected chi connectivity index (χ0v) is 18.1. The van der Waals surface area contributed by atoms with E-state index in [1.807, 2.05) is 29.3 Å². The van der Waals surface area contributed by atoms with Crippen molar-refractivity contribution in [1.82, 2.24) is 5.06 Å². The van der Waals surface area contributed by atoms with Gasteiger partial charge < -0.3 is 4.84 Å². The number of carbonyl (C=O) groups excluding carboxylic acids is 2. The van der Waals surface area contributed by atoms with Gasteiger partial charge in [0.1, 0.15) is 6.04 Å². The minimum Gasteiger partial charge on any atom is -0.365 e. The van der Waals surface area contributed by atoms with Gasteiger partial charge in [-0.05, 0) is 44.2 Å². The molecule has 5 heteroatoms. The first-order chi connectivity index (χ1) is 14.6. The molecule has 1 atom stereocenters. The molecule has 4 rings (SSSR count). The van der Waals surface area contributed by atoms with Crippen LogP contribution in [0, 0.1) is 0 Å². The van der Waals surface area contributed by atoms with E-state index in [4.69, 9.17) is 4.84 Å². The number of hydrogen-bond donors (Lipinski definition) is 0. The molecule has 2 saturated carbocycles. The van der Waals surface area contributed by atoms with E-state index in [2.05, 4.69) is 6.58 Å². The van der Waals surface area contributed by atoms with Crippen molar-refractivity contribution in [2.24, 2.45) is 0 Å². The highest BCUT2D eigenvalue weighted by molar-refractivity contribution is 6.10. The van der Waals surface area contributed by atoms with Crippen molar-refractivity contribution in [2.75, 3.05) is 4.90 Å². The van der Waals surface area contributed by atoms with Gasteiger partial charge in [-0.15, -0.1) is 5.06 Å². The second-order valence-corrected chi connectivity index (χ2v) is 9.16. The van der Waals surface area contributed by atoms with Crippen LogP contribution in [0.4, 0.5) is 5.69 Å². The molecule has 162 valence electrons. The van der Waals surface area contributed by atoms with E-state index in [0.29, 0.717) is 24.1 Å². The van der Waals surface area contributed by atoms with Gasteiger partial charge in [0.2, 0.25) is 0 Å². The van der Waals surface area contributed by atoms with Gasteiger partial charge in [0, 0.05) is 29.8 Å². The monoisotopic (exact) mass is 410 g/mol. The lowest BCUT2D eigenvalue weighted by atomic mass is 9.90. The number of fused-ring (bicyclic) bond motifs is 1. The number of anilines is 1. The molecule has 0 N–H and O–H groups in total. The Morgan fingerprint density at radius 2 is 1.53 bits per heavy atom. The van der Waals surface area contributed by atoms with Crippen LogP contribution in [0.2, 0.25) is 0 Å². The lowest BCUT2D eigenvalue weighted by Crippen LogP contribution is -2.51. The maximum atomic E-state index is 13.5. The van der Waals surface area contributed by atoms with E-state index in [1.54, 1.807) is 11.8 Å². The Labute approximate surface area is 180 Å². The summed E-state index contributed by atoms with van der Waals surface area (Å²) in [6, 6.07) is 7.74. The maximum Gasteiger partial charge on any atom is 0.348 e. The number of nitrogens with zero attached hydrogens (tertiary/aromatic N) is 2. The number of rotatable bonds is 5. The lowest BCUT2D eigenvalue weighted by molar-refractivity contribution is -0.224. The standard InChI is InChI=1S/C25H34N2O3/c1-18(2)24(28)26-22-16-10-9-11-19(22)17-23(26)25(29)30-27(20-12-5-3-6-13-20)21-14-7-4-8-15-21/h9-11,16,20-21,23H,1,3-8,12-15,17H2,2H3. The quantitative estimate of drug-likeness (QED) is 0.509. The number of carbonyl (C=O) groups is 2. The minimum atomic E-state index is -0.624. The smallest absolute Gasteiger partial charge is 0.348 e. The molecule has 0 bridgehead atoms. The van der Waals surface area contributed by atoms with Crippen molar-refractivity contribution in [3.63, 3.8) is 0 Å². The second kappa shape index (κ2) is 9.34. The molecule has 0 radical (unpaired) electrons. The van der Waals surface area contributed by atoms with Crippen molar-refractivity contribution in [3.8, 4) is 0 Å². The number of para-hydroxylation sites is 1. The summed E-state index contributed by atoms with van der Waals surface area (Å²) in [5, 5.41) is 2.05. The Bertz CT molecular complexity index is 775. The maximum absolute atomic E-state index is 13.5. The molecule has 1 amide bonds.